The van der Waals surface area contributed by atoms with Gasteiger partial charge in [-0.2, -0.15) is 4.37 Å². The van der Waals surface area contributed by atoms with Crippen LogP contribution in [0, 0.1) is 0 Å². The predicted molar refractivity (Wildman–Crippen MR) is 86.8 cm³/mol. The minimum Gasteiger partial charge on any atom is -0.375 e. The topological polar surface area (TPSA) is 41.1 Å². The van der Waals surface area contributed by atoms with Crippen LogP contribution in [-0.4, -0.2) is 29.5 Å². The van der Waals surface area contributed by atoms with Crippen LogP contribution in [0.3, 0.4) is 0 Å². The van der Waals surface area contributed by atoms with Gasteiger partial charge in [-0.05, 0) is 18.6 Å². The summed E-state index contributed by atoms with van der Waals surface area (Å²) >= 11 is 1.45. The van der Waals surface area contributed by atoms with E-state index in [1.165, 1.54) is 17.2 Å². The van der Waals surface area contributed by atoms with Crippen molar-refractivity contribution >= 4 is 22.4 Å². The third-order valence-corrected chi connectivity index (χ3v) is 3.79. The number of hydrogen-bond acceptors (Lipinski definition) is 5. The molecule has 2 aromatic rings. The van der Waals surface area contributed by atoms with Crippen molar-refractivity contribution in [3.8, 4) is 0 Å². The molecule has 0 aliphatic heterocycles. The first-order valence-corrected chi connectivity index (χ1v) is 7.78. The van der Waals surface area contributed by atoms with Crippen LogP contribution in [0.1, 0.15) is 32.0 Å². The molecule has 0 unspecified atom stereocenters. The molecule has 0 spiro atoms. The van der Waals surface area contributed by atoms with Gasteiger partial charge in [0, 0.05) is 43.3 Å². The Hall–Kier alpha value is -1.62. The van der Waals surface area contributed by atoms with E-state index in [0.717, 1.165) is 30.5 Å². The van der Waals surface area contributed by atoms with E-state index < -0.39 is 0 Å². The van der Waals surface area contributed by atoms with E-state index in [-0.39, 0.29) is 0 Å². The molecule has 1 aromatic carbocycles. The summed E-state index contributed by atoms with van der Waals surface area (Å²) in [5.41, 5.74) is 1.26. The maximum absolute atomic E-state index is 4.47. The number of anilines is 2. The molecule has 1 N–H and O–H groups in total. The van der Waals surface area contributed by atoms with Crippen molar-refractivity contribution in [3.05, 3.63) is 36.2 Å². The quantitative estimate of drug-likeness (QED) is 0.791. The zero-order valence-electron chi connectivity index (χ0n) is 12.3. The number of nitrogens with one attached hydrogen (secondary N) is 1. The van der Waals surface area contributed by atoms with Crippen LogP contribution in [0.4, 0.5) is 10.8 Å². The zero-order valence-corrected chi connectivity index (χ0v) is 13.2. The van der Waals surface area contributed by atoms with Crippen LogP contribution in [0.25, 0.3) is 0 Å². The van der Waals surface area contributed by atoms with Crippen LogP contribution in [0.5, 0.6) is 0 Å². The molecular weight excluding hydrogens is 268 g/mol. The van der Waals surface area contributed by atoms with E-state index >= 15 is 0 Å². The van der Waals surface area contributed by atoms with Gasteiger partial charge in [0.1, 0.15) is 5.82 Å². The van der Waals surface area contributed by atoms with Crippen molar-refractivity contribution in [3.63, 3.8) is 0 Å². The maximum atomic E-state index is 4.47. The lowest BCUT2D eigenvalue weighted by molar-refractivity contribution is 0.793. The first-order valence-electron chi connectivity index (χ1n) is 7.00. The number of hydrogen-bond donors (Lipinski definition) is 1. The van der Waals surface area contributed by atoms with Crippen LogP contribution in [0.15, 0.2) is 30.3 Å². The number of para-hydroxylation sites is 1. The second-order valence-electron chi connectivity index (χ2n) is 5.15. The van der Waals surface area contributed by atoms with E-state index in [9.17, 15) is 0 Å². The fourth-order valence-electron chi connectivity index (χ4n) is 1.86. The Morgan fingerprint density at radius 1 is 1.25 bits per heavy atom. The summed E-state index contributed by atoms with van der Waals surface area (Å²) in [6.45, 7) is 6.16. The van der Waals surface area contributed by atoms with Gasteiger partial charge in [-0.25, -0.2) is 4.98 Å². The molecule has 5 heteroatoms. The Morgan fingerprint density at radius 3 is 2.65 bits per heavy atom. The highest BCUT2D eigenvalue weighted by atomic mass is 32.1. The highest BCUT2D eigenvalue weighted by Crippen LogP contribution is 2.17. The SMILES string of the molecule is CC(C)c1nsc(NCCCN(C)c2ccccc2)n1. The van der Waals surface area contributed by atoms with Crippen molar-refractivity contribution in [1.29, 1.82) is 0 Å². The molecule has 0 amide bonds. The molecule has 0 aliphatic rings. The summed E-state index contributed by atoms with van der Waals surface area (Å²) in [4.78, 5) is 6.73. The lowest BCUT2D eigenvalue weighted by atomic mass is 10.2. The average molecular weight is 290 g/mol. The summed E-state index contributed by atoms with van der Waals surface area (Å²) in [5, 5.41) is 4.27. The monoisotopic (exact) mass is 290 g/mol. The molecule has 2 rings (SSSR count). The van der Waals surface area contributed by atoms with Crippen LogP contribution < -0.4 is 10.2 Å². The lowest BCUT2D eigenvalue weighted by Gasteiger charge is -2.18. The van der Waals surface area contributed by atoms with Crippen molar-refractivity contribution in [2.45, 2.75) is 26.2 Å². The van der Waals surface area contributed by atoms with Crippen LogP contribution in [-0.2, 0) is 0 Å². The molecular formula is C15H22N4S. The Balaban J connectivity index is 1.71. The molecule has 0 fully saturated rings. The van der Waals surface area contributed by atoms with Gasteiger partial charge in [-0.15, -0.1) is 0 Å². The fraction of sp³-hybridized carbons (Fsp3) is 0.467. The Labute approximate surface area is 125 Å². The van der Waals surface area contributed by atoms with Gasteiger partial charge in [-0.1, -0.05) is 32.0 Å². The minimum atomic E-state index is 0.394. The highest BCUT2D eigenvalue weighted by molar-refractivity contribution is 7.09. The Kier molecular flexibility index (Phi) is 5.35. The van der Waals surface area contributed by atoms with Crippen LogP contribution in [0.2, 0.25) is 0 Å². The largest absolute Gasteiger partial charge is 0.375 e. The number of benzene rings is 1. The van der Waals surface area contributed by atoms with E-state index in [1.807, 2.05) is 6.07 Å². The first-order chi connectivity index (χ1) is 9.66. The molecule has 0 saturated carbocycles. The molecule has 0 atom stereocenters. The molecule has 108 valence electrons. The fourth-order valence-corrected chi connectivity index (χ4v) is 2.60. The number of rotatable bonds is 7. The normalized spacial score (nSPS) is 10.8. The summed E-state index contributed by atoms with van der Waals surface area (Å²) in [7, 11) is 2.12. The highest BCUT2D eigenvalue weighted by Gasteiger charge is 2.07. The molecule has 0 saturated heterocycles. The smallest absolute Gasteiger partial charge is 0.202 e. The van der Waals surface area contributed by atoms with Gasteiger partial charge in [0.25, 0.3) is 0 Å². The molecule has 4 nitrogen and oxygen atoms in total. The summed E-state index contributed by atoms with van der Waals surface area (Å²) < 4.78 is 4.33. The standard InChI is InChI=1S/C15H22N4S/c1-12(2)14-17-15(20-18-14)16-10-7-11-19(3)13-8-5-4-6-9-13/h4-6,8-9,12H,7,10-11H2,1-3H3,(H,16,17,18). The van der Waals surface area contributed by atoms with Gasteiger partial charge in [0.05, 0.1) is 0 Å². The Bertz CT molecular complexity index is 510. The van der Waals surface area contributed by atoms with E-state index in [4.69, 9.17) is 0 Å². The number of nitrogens with zero attached hydrogens (tertiary/aromatic N) is 3. The molecule has 1 aromatic heterocycles. The predicted octanol–water partition coefficient (Wildman–Crippen LogP) is 3.60. The van der Waals surface area contributed by atoms with Gasteiger partial charge >= 0.3 is 0 Å². The van der Waals surface area contributed by atoms with Crippen molar-refractivity contribution in [2.24, 2.45) is 0 Å². The summed E-state index contributed by atoms with van der Waals surface area (Å²) in [6.07, 6.45) is 1.07. The van der Waals surface area contributed by atoms with Crippen molar-refractivity contribution < 1.29 is 0 Å². The second-order valence-corrected chi connectivity index (χ2v) is 5.90. The van der Waals surface area contributed by atoms with E-state index in [0.29, 0.717) is 5.92 Å². The number of aromatic nitrogens is 2. The third kappa shape index (κ3) is 4.20. The van der Waals surface area contributed by atoms with Gasteiger partial charge in [-0.3, -0.25) is 0 Å². The van der Waals surface area contributed by atoms with Gasteiger partial charge < -0.3 is 10.2 Å². The molecule has 1 heterocycles. The maximum Gasteiger partial charge on any atom is 0.202 e. The van der Waals surface area contributed by atoms with Crippen LogP contribution >= 0.6 is 11.5 Å². The average Bonchev–Trinajstić information content (AvgIpc) is 2.93. The zero-order chi connectivity index (χ0) is 14.4. The van der Waals surface area contributed by atoms with E-state index in [1.54, 1.807) is 0 Å². The molecule has 0 radical (unpaired) electrons. The summed E-state index contributed by atoms with van der Waals surface area (Å²) in [6, 6.07) is 10.4. The summed E-state index contributed by atoms with van der Waals surface area (Å²) in [5.74, 6) is 1.32. The molecule has 20 heavy (non-hydrogen) atoms. The molecule has 0 aliphatic carbocycles. The van der Waals surface area contributed by atoms with Gasteiger partial charge in [0.2, 0.25) is 5.13 Å². The Morgan fingerprint density at radius 2 is 2.00 bits per heavy atom. The van der Waals surface area contributed by atoms with Crippen molar-refractivity contribution in [1.82, 2.24) is 9.36 Å². The van der Waals surface area contributed by atoms with E-state index in [2.05, 4.69) is 64.7 Å². The van der Waals surface area contributed by atoms with Crippen molar-refractivity contribution in [2.75, 3.05) is 30.4 Å². The lowest BCUT2D eigenvalue weighted by Crippen LogP contribution is -2.20. The minimum absolute atomic E-state index is 0.394. The molecule has 0 bridgehead atoms. The van der Waals surface area contributed by atoms with Gasteiger partial charge in [0.15, 0.2) is 0 Å². The second kappa shape index (κ2) is 7.24. The first kappa shape index (κ1) is 14.8. The third-order valence-electron chi connectivity index (χ3n) is 3.10.